The fraction of sp³-hybridized carbons (Fsp3) is 0.350. The van der Waals surface area contributed by atoms with E-state index in [4.69, 9.17) is 4.74 Å². The maximum absolute atomic E-state index is 12.5. The van der Waals surface area contributed by atoms with Crippen molar-refractivity contribution < 1.29 is 14.3 Å². The number of benzene rings is 1. The molecule has 1 atom stereocenters. The van der Waals surface area contributed by atoms with E-state index in [-0.39, 0.29) is 24.5 Å². The summed E-state index contributed by atoms with van der Waals surface area (Å²) < 4.78 is 5.36. The summed E-state index contributed by atoms with van der Waals surface area (Å²) in [5.74, 6) is 1.11. The SMILES string of the molecule is CCN(CC)c1ccc(C(=O)NC(C)c2ccc3c(c2)NC(=O)CO3)cn1. The largest absolute Gasteiger partial charge is 0.482 e. The highest BCUT2D eigenvalue weighted by molar-refractivity contribution is 5.96. The van der Waals surface area contributed by atoms with Crippen molar-refractivity contribution in [2.24, 2.45) is 0 Å². The molecule has 1 aromatic carbocycles. The molecule has 2 N–H and O–H groups in total. The van der Waals surface area contributed by atoms with Crippen LogP contribution in [0.25, 0.3) is 0 Å². The van der Waals surface area contributed by atoms with Gasteiger partial charge in [-0.3, -0.25) is 9.59 Å². The lowest BCUT2D eigenvalue weighted by Crippen LogP contribution is -2.28. The van der Waals surface area contributed by atoms with Gasteiger partial charge in [-0.2, -0.15) is 0 Å². The third-order valence-electron chi connectivity index (χ3n) is 4.58. The molecule has 1 aromatic heterocycles. The number of amides is 2. The van der Waals surface area contributed by atoms with Gasteiger partial charge in [-0.1, -0.05) is 6.07 Å². The fourth-order valence-electron chi connectivity index (χ4n) is 2.99. The summed E-state index contributed by atoms with van der Waals surface area (Å²) in [5.41, 5.74) is 2.00. The van der Waals surface area contributed by atoms with E-state index in [0.717, 1.165) is 24.5 Å². The van der Waals surface area contributed by atoms with E-state index >= 15 is 0 Å². The fourth-order valence-corrected chi connectivity index (χ4v) is 2.99. The maximum atomic E-state index is 12.5. The van der Waals surface area contributed by atoms with Gasteiger partial charge in [0.25, 0.3) is 11.8 Å². The zero-order chi connectivity index (χ0) is 19.4. The third-order valence-corrected chi connectivity index (χ3v) is 4.58. The first-order valence-electron chi connectivity index (χ1n) is 9.10. The maximum Gasteiger partial charge on any atom is 0.262 e. The highest BCUT2D eigenvalue weighted by Gasteiger charge is 2.18. The van der Waals surface area contributed by atoms with Crippen LogP contribution in [0.3, 0.4) is 0 Å². The summed E-state index contributed by atoms with van der Waals surface area (Å²) in [7, 11) is 0. The van der Waals surface area contributed by atoms with Gasteiger partial charge in [0.05, 0.1) is 17.3 Å². The Kier molecular flexibility index (Phi) is 5.59. The molecule has 3 rings (SSSR count). The second-order valence-electron chi connectivity index (χ2n) is 6.36. The van der Waals surface area contributed by atoms with E-state index in [1.54, 1.807) is 18.3 Å². The molecule has 142 valence electrons. The van der Waals surface area contributed by atoms with Gasteiger partial charge >= 0.3 is 0 Å². The summed E-state index contributed by atoms with van der Waals surface area (Å²) in [6, 6.07) is 8.90. The normalized spacial score (nSPS) is 13.8. The molecule has 1 unspecified atom stereocenters. The molecule has 7 nitrogen and oxygen atoms in total. The smallest absolute Gasteiger partial charge is 0.262 e. The van der Waals surface area contributed by atoms with E-state index in [1.807, 2.05) is 25.1 Å². The van der Waals surface area contributed by atoms with Gasteiger partial charge in [0.1, 0.15) is 11.6 Å². The second-order valence-corrected chi connectivity index (χ2v) is 6.36. The number of nitrogens with one attached hydrogen (secondary N) is 2. The molecule has 2 heterocycles. The van der Waals surface area contributed by atoms with Crippen LogP contribution in [-0.4, -0.2) is 36.5 Å². The van der Waals surface area contributed by atoms with Crippen molar-refractivity contribution in [2.45, 2.75) is 26.8 Å². The number of nitrogens with zero attached hydrogens (tertiary/aromatic N) is 2. The molecule has 0 saturated heterocycles. The Labute approximate surface area is 158 Å². The summed E-state index contributed by atoms with van der Waals surface area (Å²) in [6.45, 7) is 7.78. The predicted octanol–water partition coefficient (Wildman–Crippen LogP) is 2.75. The molecule has 0 spiro atoms. The first-order valence-corrected chi connectivity index (χ1v) is 9.10. The summed E-state index contributed by atoms with van der Waals surface area (Å²) >= 11 is 0. The molecule has 0 aliphatic carbocycles. The molecular weight excluding hydrogens is 344 g/mol. The molecule has 0 saturated carbocycles. The highest BCUT2D eigenvalue weighted by Crippen LogP contribution is 2.30. The second kappa shape index (κ2) is 8.07. The van der Waals surface area contributed by atoms with E-state index < -0.39 is 0 Å². The lowest BCUT2D eigenvalue weighted by atomic mass is 10.1. The first kappa shape index (κ1) is 18.7. The Morgan fingerprint density at radius 3 is 2.74 bits per heavy atom. The van der Waals surface area contributed by atoms with Gasteiger partial charge in [0.2, 0.25) is 0 Å². The number of aromatic nitrogens is 1. The Hall–Kier alpha value is -3.09. The summed E-state index contributed by atoms with van der Waals surface area (Å²) in [6.07, 6.45) is 1.59. The van der Waals surface area contributed by atoms with Crippen LogP contribution in [0.1, 0.15) is 42.7 Å². The van der Waals surface area contributed by atoms with Gasteiger partial charge in [-0.05, 0) is 50.6 Å². The van der Waals surface area contributed by atoms with Gasteiger partial charge in [-0.25, -0.2) is 4.98 Å². The Morgan fingerprint density at radius 1 is 1.30 bits per heavy atom. The highest BCUT2D eigenvalue weighted by atomic mass is 16.5. The molecule has 27 heavy (non-hydrogen) atoms. The molecule has 0 fully saturated rings. The molecule has 0 bridgehead atoms. The van der Waals surface area contributed by atoms with Crippen molar-refractivity contribution in [3.8, 4) is 5.75 Å². The molecule has 2 amide bonds. The molecule has 1 aliphatic heterocycles. The van der Waals surface area contributed by atoms with E-state index in [0.29, 0.717) is 17.0 Å². The minimum atomic E-state index is -0.232. The van der Waals surface area contributed by atoms with Crippen LogP contribution in [-0.2, 0) is 4.79 Å². The predicted molar refractivity (Wildman–Crippen MR) is 104 cm³/mol. The zero-order valence-electron chi connectivity index (χ0n) is 15.8. The van der Waals surface area contributed by atoms with Crippen molar-refractivity contribution in [2.75, 3.05) is 29.9 Å². The van der Waals surface area contributed by atoms with Crippen LogP contribution < -0.4 is 20.3 Å². The van der Waals surface area contributed by atoms with Gasteiger partial charge in [-0.15, -0.1) is 0 Å². The van der Waals surface area contributed by atoms with E-state index in [2.05, 4.69) is 34.4 Å². The number of carbonyl (C=O) groups is 2. The number of anilines is 2. The van der Waals surface area contributed by atoms with Crippen LogP contribution in [0.4, 0.5) is 11.5 Å². The number of pyridine rings is 1. The number of ether oxygens (including phenoxy) is 1. The van der Waals surface area contributed by atoms with Crippen molar-refractivity contribution in [1.29, 1.82) is 0 Å². The molecular formula is C20H24N4O3. The minimum absolute atomic E-state index is 0.0229. The van der Waals surface area contributed by atoms with Gasteiger partial charge < -0.3 is 20.3 Å². The number of fused-ring (bicyclic) bond motifs is 1. The first-order chi connectivity index (χ1) is 13.0. The third kappa shape index (κ3) is 4.19. The van der Waals surface area contributed by atoms with Crippen molar-refractivity contribution in [1.82, 2.24) is 10.3 Å². The standard InChI is InChI=1S/C20H24N4O3/c1-4-24(5-2)18-9-7-15(11-21-18)20(26)22-13(3)14-6-8-17-16(10-14)23-19(25)12-27-17/h6-11,13H,4-5,12H2,1-3H3,(H,22,26)(H,23,25). The summed E-state index contributed by atoms with van der Waals surface area (Å²) in [5, 5.41) is 5.74. The van der Waals surface area contributed by atoms with Crippen molar-refractivity contribution in [3.63, 3.8) is 0 Å². The monoisotopic (exact) mass is 368 g/mol. The van der Waals surface area contributed by atoms with Gasteiger partial charge in [0.15, 0.2) is 6.61 Å². The van der Waals surface area contributed by atoms with E-state index in [1.165, 1.54) is 0 Å². The molecule has 2 aromatic rings. The van der Waals surface area contributed by atoms with Gasteiger partial charge in [0, 0.05) is 19.3 Å². The number of hydrogen-bond acceptors (Lipinski definition) is 5. The van der Waals surface area contributed by atoms with E-state index in [9.17, 15) is 9.59 Å². The molecule has 1 aliphatic rings. The minimum Gasteiger partial charge on any atom is -0.482 e. The number of carbonyl (C=O) groups excluding carboxylic acids is 2. The Morgan fingerprint density at radius 2 is 2.07 bits per heavy atom. The zero-order valence-corrected chi connectivity index (χ0v) is 15.8. The average molecular weight is 368 g/mol. The van der Waals surface area contributed by atoms with Crippen molar-refractivity contribution >= 4 is 23.3 Å². The number of hydrogen-bond donors (Lipinski definition) is 2. The Balaban J connectivity index is 1.69. The quantitative estimate of drug-likeness (QED) is 0.819. The number of rotatable bonds is 6. The van der Waals surface area contributed by atoms with Crippen LogP contribution in [0.2, 0.25) is 0 Å². The van der Waals surface area contributed by atoms with Crippen LogP contribution in [0.5, 0.6) is 5.75 Å². The van der Waals surface area contributed by atoms with Crippen molar-refractivity contribution in [3.05, 3.63) is 47.7 Å². The Bertz CT molecular complexity index is 832. The lowest BCUT2D eigenvalue weighted by molar-refractivity contribution is -0.118. The van der Waals surface area contributed by atoms with Crippen LogP contribution in [0, 0.1) is 0 Å². The average Bonchev–Trinajstić information content (AvgIpc) is 2.68. The summed E-state index contributed by atoms with van der Waals surface area (Å²) in [4.78, 5) is 30.5. The molecule has 7 heteroatoms. The van der Waals surface area contributed by atoms with Crippen LogP contribution in [0.15, 0.2) is 36.5 Å². The topological polar surface area (TPSA) is 83.6 Å². The lowest BCUT2D eigenvalue weighted by Gasteiger charge is -2.21. The molecule has 0 radical (unpaired) electrons. The van der Waals surface area contributed by atoms with Crippen LogP contribution >= 0.6 is 0 Å².